The monoisotopic (exact) mass is 429 g/mol. The first-order valence-electron chi connectivity index (χ1n) is 9.37. The Bertz CT molecular complexity index is 846. The number of hydrogen-bond acceptors (Lipinski definition) is 3. The zero-order valence-corrected chi connectivity index (χ0v) is 17.9. The van der Waals surface area contributed by atoms with Crippen LogP contribution < -0.4 is 0 Å². The molecule has 0 saturated heterocycles. The van der Waals surface area contributed by atoms with E-state index in [0.717, 1.165) is 13.1 Å². The van der Waals surface area contributed by atoms with E-state index >= 15 is 0 Å². The van der Waals surface area contributed by atoms with Gasteiger partial charge in [-0.25, -0.2) is 4.79 Å². The van der Waals surface area contributed by atoms with Gasteiger partial charge in [-0.05, 0) is 30.2 Å². The highest BCUT2D eigenvalue weighted by atomic mass is 35.5. The second-order valence-electron chi connectivity index (χ2n) is 6.84. The molecule has 0 aliphatic heterocycles. The molecule has 3 rings (SSSR count). The van der Waals surface area contributed by atoms with Gasteiger partial charge in [-0.2, -0.15) is 0 Å². The fourth-order valence-electron chi connectivity index (χ4n) is 3.14. The van der Waals surface area contributed by atoms with Gasteiger partial charge in [0.2, 0.25) is 0 Å². The number of benzene rings is 3. The molecule has 1 unspecified atom stereocenters. The summed E-state index contributed by atoms with van der Waals surface area (Å²) in [5, 5.41) is 0.408. The van der Waals surface area contributed by atoms with Crippen LogP contribution in [0.5, 0.6) is 0 Å². The first kappa shape index (κ1) is 23.0. The van der Waals surface area contributed by atoms with Crippen molar-refractivity contribution in [3.05, 3.63) is 107 Å². The molecule has 0 bridgehead atoms. The van der Waals surface area contributed by atoms with Gasteiger partial charge in [-0.1, -0.05) is 84.4 Å². The third-order valence-corrected chi connectivity index (χ3v) is 4.74. The summed E-state index contributed by atoms with van der Waals surface area (Å²) in [6.07, 6.45) is -0.267. The van der Waals surface area contributed by atoms with E-state index in [1.54, 1.807) is 24.3 Å². The molecule has 0 aliphatic carbocycles. The van der Waals surface area contributed by atoms with Gasteiger partial charge in [-0.15, -0.1) is 12.4 Å². The molecular weight excluding hydrogens is 405 g/mol. The van der Waals surface area contributed by atoms with E-state index in [1.165, 1.54) is 11.1 Å². The van der Waals surface area contributed by atoms with E-state index in [9.17, 15) is 4.79 Å². The third kappa shape index (κ3) is 7.21. The van der Waals surface area contributed by atoms with Gasteiger partial charge in [0.05, 0.1) is 10.6 Å². The highest BCUT2D eigenvalue weighted by Crippen LogP contribution is 2.17. The van der Waals surface area contributed by atoms with Crippen molar-refractivity contribution in [1.29, 1.82) is 0 Å². The molecule has 0 spiro atoms. The predicted molar refractivity (Wildman–Crippen MR) is 121 cm³/mol. The van der Waals surface area contributed by atoms with E-state index in [1.807, 2.05) is 43.3 Å². The molecule has 3 nitrogen and oxygen atoms in total. The zero-order valence-electron chi connectivity index (χ0n) is 16.3. The molecule has 0 radical (unpaired) electrons. The average molecular weight is 430 g/mol. The van der Waals surface area contributed by atoms with Crippen molar-refractivity contribution in [2.24, 2.45) is 0 Å². The van der Waals surface area contributed by atoms with Crippen LogP contribution in [0.3, 0.4) is 0 Å². The van der Waals surface area contributed by atoms with Crippen LogP contribution in [0, 0.1) is 0 Å². The molecule has 0 aromatic heterocycles. The Balaban J connectivity index is 0.00000300. The predicted octanol–water partition coefficient (Wildman–Crippen LogP) is 6.01. The number of nitrogens with zero attached hydrogens (tertiary/aromatic N) is 1. The Morgan fingerprint density at radius 3 is 1.86 bits per heavy atom. The van der Waals surface area contributed by atoms with Crippen LogP contribution in [0.2, 0.25) is 5.02 Å². The Kier molecular flexibility index (Phi) is 9.20. The lowest BCUT2D eigenvalue weighted by molar-refractivity contribution is 0.0237. The second kappa shape index (κ2) is 11.6. The van der Waals surface area contributed by atoms with Crippen LogP contribution in [0.25, 0.3) is 0 Å². The van der Waals surface area contributed by atoms with E-state index in [0.29, 0.717) is 17.1 Å². The molecule has 152 valence electrons. The maximum Gasteiger partial charge on any atom is 0.339 e. The summed E-state index contributed by atoms with van der Waals surface area (Å²) in [4.78, 5) is 14.7. The van der Waals surface area contributed by atoms with Crippen LogP contribution in [0.4, 0.5) is 0 Å². The number of ether oxygens (including phenoxy) is 1. The van der Waals surface area contributed by atoms with Crippen molar-refractivity contribution in [2.45, 2.75) is 26.1 Å². The topological polar surface area (TPSA) is 29.5 Å². The summed E-state index contributed by atoms with van der Waals surface area (Å²) in [7, 11) is 0. The minimum Gasteiger partial charge on any atom is -0.458 e. The Labute approximate surface area is 183 Å². The number of hydrogen-bond donors (Lipinski definition) is 0. The van der Waals surface area contributed by atoms with E-state index in [2.05, 4.69) is 29.2 Å². The van der Waals surface area contributed by atoms with Gasteiger partial charge in [0.15, 0.2) is 0 Å². The van der Waals surface area contributed by atoms with Crippen molar-refractivity contribution in [3.63, 3.8) is 0 Å². The Morgan fingerprint density at radius 2 is 1.34 bits per heavy atom. The van der Waals surface area contributed by atoms with Crippen LogP contribution in [0.15, 0.2) is 84.9 Å². The second-order valence-corrected chi connectivity index (χ2v) is 7.24. The number of rotatable bonds is 8. The Morgan fingerprint density at radius 1 is 0.862 bits per heavy atom. The maximum atomic E-state index is 12.4. The fourth-order valence-corrected chi connectivity index (χ4v) is 3.35. The Hall–Kier alpha value is -2.33. The number of carbonyl (C=O) groups is 1. The minimum absolute atomic E-state index is 0. The van der Waals surface area contributed by atoms with Crippen LogP contribution >= 0.6 is 24.0 Å². The summed E-state index contributed by atoms with van der Waals surface area (Å²) >= 11 is 6.11. The molecule has 3 aromatic rings. The molecule has 0 aliphatic rings. The average Bonchev–Trinajstić information content (AvgIpc) is 2.69. The first-order valence-corrected chi connectivity index (χ1v) is 9.75. The molecule has 5 heteroatoms. The van der Waals surface area contributed by atoms with Crippen LogP contribution in [-0.4, -0.2) is 23.5 Å². The van der Waals surface area contributed by atoms with Crippen molar-refractivity contribution in [1.82, 2.24) is 4.90 Å². The molecule has 0 saturated carbocycles. The molecule has 0 N–H and O–H groups in total. The van der Waals surface area contributed by atoms with Crippen molar-refractivity contribution in [2.75, 3.05) is 6.54 Å². The molecule has 29 heavy (non-hydrogen) atoms. The summed E-state index contributed by atoms with van der Waals surface area (Å²) < 4.78 is 5.66. The standard InChI is InChI=1S/C24H24ClNO2.ClH/c1-19(28-24(27)22-14-8-9-15-23(22)25)16-26(17-20-10-4-2-5-11-20)18-21-12-6-3-7-13-21;/h2-15,19H,16-18H2,1H3;1H. The van der Waals surface area contributed by atoms with Crippen molar-refractivity contribution in [3.8, 4) is 0 Å². The smallest absolute Gasteiger partial charge is 0.339 e. The van der Waals surface area contributed by atoms with Gasteiger partial charge in [0, 0.05) is 19.6 Å². The molecule has 0 amide bonds. The third-order valence-electron chi connectivity index (χ3n) is 4.42. The number of esters is 1. The lowest BCUT2D eigenvalue weighted by atomic mass is 10.1. The fraction of sp³-hybridized carbons (Fsp3) is 0.208. The van der Waals surface area contributed by atoms with Crippen LogP contribution in [0.1, 0.15) is 28.4 Å². The first-order chi connectivity index (χ1) is 13.6. The molecule has 1 atom stereocenters. The molecule has 0 heterocycles. The molecular formula is C24H25Cl2NO2. The van der Waals surface area contributed by atoms with Gasteiger partial charge in [0.25, 0.3) is 0 Å². The SMILES string of the molecule is CC(CN(Cc1ccccc1)Cc1ccccc1)OC(=O)c1ccccc1Cl.Cl. The lowest BCUT2D eigenvalue weighted by Crippen LogP contribution is -2.33. The normalized spacial score (nSPS) is 11.6. The van der Waals surface area contributed by atoms with E-state index in [-0.39, 0.29) is 18.5 Å². The van der Waals surface area contributed by atoms with Gasteiger partial charge in [-0.3, -0.25) is 4.90 Å². The summed E-state index contributed by atoms with van der Waals surface area (Å²) in [5.74, 6) is -0.391. The van der Waals surface area contributed by atoms with E-state index in [4.69, 9.17) is 16.3 Å². The van der Waals surface area contributed by atoms with E-state index < -0.39 is 5.97 Å². The maximum absolute atomic E-state index is 12.4. The summed E-state index contributed by atoms with van der Waals surface area (Å²) in [6.45, 7) is 4.10. The minimum atomic E-state index is -0.391. The zero-order chi connectivity index (χ0) is 19.8. The molecule has 0 fully saturated rings. The largest absolute Gasteiger partial charge is 0.458 e. The number of carbonyl (C=O) groups excluding carboxylic acids is 1. The number of halogens is 2. The van der Waals surface area contributed by atoms with Gasteiger partial charge >= 0.3 is 5.97 Å². The van der Waals surface area contributed by atoms with Crippen molar-refractivity contribution >= 4 is 30.0 Å². The van der Waals surface area contributed by atoms with Gasteiger partial charge < -0.3 is 4.74 Å². The van der Waals surface area contributed by atoms with Crippen LogP contribution in [-0.2, 0) is 17.8 Å². The van der Waals surface area contributed by atoms with Crippen molar-refractivity contribution < 1.29 is 9.53 Å². The lowest BCUT2D eigenvalue weighted by Gasteiger charge is -2.26. The highest BCUT2D eigenvalue weighted by molar-refractivity contribution is 6.33. The summed E-state index contributed by atoms with van der Waals surface area (Å²) in [5.41, 5.74) is 2.85. The highest BCUT2D eigenvalue weighted by Gasteiger charge is 2.18. The summed E-state index contributed by atoms with van der Waals surface area (Å²) in [6, 6.07) is 27.6. The molecule has 3 aromatic carbocycles. The van der Waals surface area contributed by atoms with Gasteiger partial charge in [0.1, 0.15) is 6.10 Å². The quantitative estimate of drug-likeness (QED) is 0.410.